The van der Waals surface area contributed by atoms with Crippen molar-refractivity contribution in [2.24, 2.45) is 0 Å². The summed E-state index contributed by atoms with van der Waals surface area (Å²) in [4.78, 5) is 2.16. The number of ether oxygens (including phenoxy) is 3. The van der Waals surface area contributed by atoms with Gasteiger partial charge in [0.05, 0.1) is 49.8 Å². The molecule has 2 heterocycles. The number of sulfonamides is 2. The van der Waals surface area contributed by atoms with Gasteiger partial charge in [0, 0.05) is 26.2 Å². The van der Waals surface area contributed by atoms with Gasteiger partial charge in [-0.2, -0.15) is 4.31 Å². The van der Waals surface area contributed by atoms with Crippen molar-refractivity contribution in [2.45, 2.75) is 30.6 Å². The first kappa shape index (κ1) is 26.7. The number of morpholine rings is 2. The van der Waals surface area contributed by atoms with Gasteiger partial charge in [-0.15, -0.1) is 0 Å². The van der Waals surface area contributed by atoms with Crippen LogP contribution in [0.15, 0.2) is 34.1 Å². The quantitative estimate of drug-likeness (QED) is 0.570. The lowest BCUT2D eigenvalue weighted by Gasteiger charge is -2.33. The van der Waals surface area contributed by atoms with Crippen LogP contribution in [0, 0.1) is 20.8 Å². The molecule has 0 spiro atoms. The molecule has 0 saturated carbocycles. The molecule has 0 aromatic heterocycles. The summed E-state index contributed by atoms with van der Waals surface area (Å²) in [5.41, 5.74) is 2.53. The van der Waals surface area contributed by atoms with Gasteiger partial charge in [-0.05, 0) is 61.7 Å². The predicted octanol–water partition coefficient (Wildman–Crippen LogP) is 2.28. The number of hydrogen-bond acceptors (Lipinski definition) is 8. The van der Waals surface area contributed by atoms with Gasteiger partial charge in [0.1, 0.15) is 10.6 Å². The Labute approximate surface area is 213 Å². The number of benzene rings is 2. The third kappa shape index (κ3) is 5.18. The monoisotopic (exact) mass is 539 g/mol. The molecule has 1 N–H and O–H groups in total. The molecule has 2 aliphatic rings. The second kappa shape index (κ2) is 10.5. The fraction of sp³-hybridized carbons (Fsp3) is 0.500. The van der Waals surface area contributed by atoms with E-state index in [1.165, 1.54) is 10.4 Å². The van der Waals surface area contributed by atoms with E-state index in [1.54, 1.807) is 46.1 Å². The molecule has 2 aromatic carbocycles. The van der Waals surface area contributed by atoms with Crippen molar-refractivity contribution in [2.75, 3.05) is 69.3 Å². The lowest BCUT2D eigenvalue weighted by molar-refractivity contribution is 0.0730. The van der Waals surface area contributed by atoms with Crippen LogP contribution in [0.1, 0.15) is 16.7 Å². The van der Waals surface area contributed by atoms with Gasteiger partial charge in [0.25, 0.3) is 10.0 Å². The van der Waals surface area contributed by atoms with Crippen molar-refractivity contribution in [3.8, 4) is 5.75 Å². The van der Waals surface area contributed by atoms with E-state index in [1.807, 2.05) is 4.90 Å². The van der Waals surface area contributed by atoms with Crippen LogP contribution in [0.4, 0.5) is 11.4 Å². The van der Waals surface area contributed by atoms with Crippen molar-refractivity contribution in [1.29, 1.82) is 0 Å². The fourth-order valence-corrected chi connectivity index (χ4v) is 7.85. The van der Waals surface area contributed by atoms with E-state index in [-0.39, 0.29) is 28.6 Å². The van der Waals surface area contributed by atoms with E-state index in [4.69, 9.17) is 14.2 Å². The van der Waals surface area contributed by atoms with Crippen molar-refractivity contribution in [3.63, 3.8) is 0 Å². The highest BCUT2D eigenvalue weighted by molar-refractivity contribution is 7.92. The molecule has 0 atom stereocenters. The number of nitrogens with one attached hydrogen (secondary N) is 1. The SMILES string of the molecule is COc1cc(C)c(S(=O)(=O)Nc2ccc(N3CCOCC3)c(S(=O)(=O)N3CCOCC3)c2)c(C)c1C. The molecule has 4 rings (SSSR count). The molecule has 10 nitrogen and oxygen atoms in total. The molecule has 12 heteroatoms. The van der Waals surface area contributed by atoms with Crippen LogP contribution in [0.25, 0.3) is 0 Å². The Balaban J connectivity index is 1.76. The van der Waals surface area contributed by atoms with Crippen LogP contribution in [-0.4, -0.2) is 80.9 Å². The number of hydrogen-bond donors (Lipinski definition) is 1. The Morgan fingerprint density at radius 3 is 2.08 bits per heavy atom. The van der Waals surface area contributed by atoms with E-state index >= 15 is 0 Å². The summed E-state index contributed by atoms with van der Waals surface area (Å²) in [7, 11) is -6.37. The highest BCUT2D eigenvalue weighted by atomic mass is 32.2. The van der Waals surface area contributed by atoms with Gasteiger partial charge < -0.3 is 19.1 Å². The Kier molecular flexibility index (Phi) is 7.81. The fourth-order valence-electron chi connectivity index (χ4n) is 4.63. The standard InChI is InChI=1S/C24H33N3O7S2/c1-17-15-22(32-4)18(2)19(3)24(17)35(28,29)25-20-5-6-21(26-7-11-33-12-8-26)23(16-20)36(30,31)27-9-13-34-14-10-27/h5-6,15-16,25H,7-14H2,1-4H3. The molecule has 2 aliphatic heterocycles. The lowest BCUT2D eigenvalue weighted by atomic mass is 10.1. The van der Waals surface area contributed by atoms with Gasteiger partial charge in [-0.1, -0.05) is 0 Å². The number of methoxy groups -OCH3 is 1. The predicted molar refractivity (Wildman–Crippen MR) is 137 cm³/mol. The summed E-state index contributed by atoms with van der Waals surface area (Å²) >= 11 is 0. The summed E-state index contributed by atoms with van der Waals surface area (Å²) < 4.78 is 74.5. The first-order valence-corrected chi connectivity index (χ1v) is 14.7. The molecule has 0 radical (unpaired) electrons. The molecule has 36 heavy (non-hydrogen) atoms. The first-order valence-electron chi connectivity index (χ1n) is 11.8. The van der Waals surface area contributed by atoms with Crippen LogP contribution < -0.4 is 14.4 Å². The maximum Gasteiger partial charge on any atom is 0.262 e. The largest absolute Gasteiger partial charge is 0.496 e. The molecular formula is C24H33N3O7S2. The molecule has 2 saturated heterocycles. The molecule has 0 bridgehead atoms. The number of anilines is 2. The van der Waals surface area contributed by atoms with E-state index in [0.717, 1.165) is 5.56 Å². The number of rotatable bonds is 7. The zero-order valence-electron chi connectivity index (χ0n) is 21.0. The van der Waals surface area contributed by atoms with Crippen LogP contribution in [-0.2, 0) is 29.5 Å². The molecular weight excluding hydrogens is 506 g/mol. The molecule has 2 aromatic rings. The minimum absolute atomic E-state index is 0.0610. The second-order valence-electron chi connectivity index (χ2n) is 8.88. The van der Waals surface area contributed by atoms with Gasteiger partial charge >= 0.3 is 0 Å². The molecule has 0 aliphatic carbocycles. The zero-order chi connectivity index (χ0) is 26.1. The third-order valence-corrected chi connectivity index (χ3v) is 10.2. The summed E-state index contributed by atoms with van der Waals surface area (Å²) in [6.07, 6.45) is 0. The molecule has 0 amide bonds. The van der Waals surface area contributed by atoms with Gasteiger partial charge in [-0.3, -0.25) is 4.72 Å². The zero-order valence-corrected chi connectivity index (χ0v) is 22.7. The number of nitrogens with zero attached hydrogens (tertiary/aromatic N) is 2. The van der Waals surface area contributed by atoms with Crippen LogP contribution in [0.5, 0.6) is 5.75 Å². The van der Waals surface area contributed by atoms with E-state index in [2.05, 4.69) is 4.72 Å². The normalized spacial score (nSPS) is 17.7. The van der Waals surface area contributed by atoms with Gasteiger partial charge in [-0.25, -0.2) is 16.8 Å². The summed E-state index contributed by atoms with van der Waals surface area (Å²) in [6, 6.07) is 6.36. The molecule has 0 unspecified atom stereocenters. The minimum atomic E-state index is -4.01. The third-order valence-electron chi connectivity index (χ3n) is 6.62. The minimum Gasteiger partial charge on any atom is -0.496 e. The Morgan fingerprint density at radius 1 is 0.861 bits per heavy atom. The Bertz CT molecular complexity index is 1330. The highest BCUT2D eigenvalue weighted by Crippen LogP contribution is 2.35. The van der Waals surface area contributed by atoms with Crippen molar-refractivity contribution < 1.29 is 31.0 Å². The first-order chi connectivity index (χ1) is 17.1. The average molecular weight is 540 g/mol. The topological polar surface area (TPSA) is 114 Å². The maximum atomic E-state index is 13.7. The lowest BCUT2D eigenvalue weighted by Crippen LogP contribution is -2.42. The average Bonchev–Trinajstić information content (AvgIpc) is 2.87. The van der Waals surface area contributed by atoms with Gasteiger partial charge in [0.2, 0.25) is 10.0 Å². The van der Waals surface area contributed by atoms with Crippen molar-refractivity contribution in [1.82, 2.24) is 4.31 Å². The highest BCUT2D eigenvalue weighted by Gasteiger charge is 2.32. The van der Waals surface area contributed by atoms with Crippen molar-refractivity contribution in [3.05, 3.63) is 41.0 Å². The van der Waals surface area contributed by atoms with E-state index in [0.29, 0.717) is 62.1 Å². The summed E-state index contributed by atoms with van der Waals surface area (Å²) in [5.74, 6) is 0.609. The second-order valence-corrected chi connectivity index (χ2v) is 12.4. The smallest absolute Gasteiger partial charge is 0.262 e. The summed E-state index contributed by atoms with van der Waals surface area (Å²) in [6.45, 7) is 8.41. The van der Waals surface area contributed by atoms with Crippen LogP contribution in [0.2, 0.25) is 0 Å². The van der Waals surface area contributed by atoms with Crippen LogP contribution >= 0.6 is 0 Å². The van der Waals surface area contributed by atoms with E-state index in [9.17, 15) is 16.8 Å². The van der Waals surface area contributed by atoms with E-state index < -0.39 is 20.0 Å². The Hall–Kier alpha value is -2.38. The maximum absolute atomic E-state index is 13.7. The van der Waals surface area contributed by atoms with Crippen LogP contribution in [0.3, 0.4) is 0 Å². The summed E-state index contributed by atoms with van der Waals surface area (Å²) in [5, 5.41) is 0. The molecule has 198 valence electrons. The Morgan fingerprint density at radius 2 is 1.47 bits per heavy atom. The van der Waals surface area contributed by atoms with Gasteiger partial charge in [0.15, 0.2) is 0 Å². The molecule has 2 fully saturated rings. The van der Waals surface area contributed by atoms with Crippen molar-refractivity contribution >= 4 is 31.4 Å². The number of aryl methyl sites for hydroxylation is 1.